The minimum absolute atomic E-state index is 0.0897. The van der Waals surface area contributed by atoms with Crippen molar-refractivity contribution in [3.05, 3.63) is 94.7 Å². The highest BCUT2D eigenvalue weighted by Crippen LogP contribution is 2.35. The molecule has 5 rings (SSSR count). The van der Waals surface area contributed by atoms with Crippen LogP contribution in [0.5, 0.6) is 0 Å². The van der Waals surface area contributed by atoms with Crippen LogP contribution < -0.4 is 5.32 Å². The van der Waals surface area contributed by atoms with Crippen molar-refractivity contribution in [3.8, 4) is 22.6 Å². The molecule has 2 aromatic heterocycles. The lowest BCUT2D eigenvalue weighted by Crippen LogP contribution is -2.43. The normalized spacial score (nSPS) is 13.5. The van der Waals surface area contributed by atoms with E-state index in [0.717, 1.165) is 5.56 Å². The standard InChI is InChI=1S/C31H29F4N5O3/c1-31(2,3)43-30(42)37-21(11-19-12-24(34)25(35)14-23(19)33)13-26(41)40-15-18-5-4-10-36-28(18)29-22(16-40)27(38-39-29)17-6-8-20(32)9-7-17/h4-10,12,14,21H,11,13,15-16H2,1-3H3,(H,37,42)(H,38,39). The van der Waals surface area contributed by atoms with Gasteiger partial charge in [-0.3, -0.25) is 14.9 Å². The number of fused-ring (bicyclic) bond motifs is 3. The number of rotatable bonds is 6. The topological polar surface area (TPSA) is 100 Å². The monoisotopic (exact) mass is 595 g/mol. The highest BCUT2D eigenvalue weighted by atomic mass is 19.2. The summed E-state index contributed by atoms with van der Waals surface area (Å²) in [6.45, 7) is 5.22. The van der Waals surface area contributed by atoms with Gasteiger partial charge in [-0.05, 0) is 74.7 Å². The van der Waals surface area contributed by atoms with E-state index in [1.165, 1.54) is 12.1 Å². The number of carbonyl (C=O) groups is 2. The molecule has 0 saturated heterocycles. The van der Waals surface area contributed by atoms with E-state index in [-0.39, 0.29) is 31.5 Å². The minimum atomic E-state index is -1.35. The molecular weight excluding hydrogens is 566 g/mol. The van der Waals surface area contributed by atoms with Crippen LogP contribution in [0.25, 0.3) is 22.6 Å². The molecule has 43 heavy (non-hydrogen) atoms. The van der Waals surface area contributed by atoms with E-state index in [1.54, 1.807) is 50.1 Å². The van der Waals surface area contributed by atoms with Gasteiger partial charge in [0.05, 0.1) is 23.6 Å². The lowest BCUT2D eigenvalue weighted by Gasteiger charge is -2.27. The maximum Gasteiger partial charge on any atom is 0.407 e. The third-order valence-corrected chi connectivity index (χ3v) is 6.87. The molecule has 2 N–H and O–H groups in total. The summed E-state index contributed by atoms with van der Waals surface area (Å²) in [6, 6.07) is 9.45. The van der Waals surface area contributed by atoms with Crippen LogP contribution >= 0.6 is 0 Å². The Kier molecular flexibility index (Phi) is 8.21. The van der Waals surface area contributed by atoms with Crippen molar-refractivity contribution in [2.24, 2.45) is 0 Å². The summed E-state index contributed by atoms with van der Waals surface area (Å²) in [6.07, 6.45) is 0.147. The zero-order valence-electron chi connectivity index (χ0n) is 23.7. The fraction of sp³-hybridized carbons (Fsp3) is 0.290. The number of ether oxygens (including phenoxy) is 1. The van der Waals surface area contributed by atoms with E-state index >= 15 is 0 Å². The highest BCUT2D eigenvalue weighted by Gasteiger charge is 2.31. The minimum Gasteiger partial charge on any atom is -0.444 e. The van der Waals surface area contributed by atoms with Crippen LogP contribution in [0.2, 0.25) is 0 Å². The van der Waals surface area contributed by atoms with Gasteiger partial charge in [0.25, 0.3) is 0 Å². The van der Waals surface area contributed by atoms with Gasteiger partial charge < -0.3 is 15.0 Å². The molecule has 12 heteroatoms. The Morgan fingerprint density at radius 3 is 2.44 bits per heavy atom. The fourth-order valence-corrected chi connectivity index (χ4v) is 4.96. The second kappa shape index (κ2) is 11.9. The first kappa shape index (κ1) is 29.7. The molecular formula is C31H29F4N5O3. The van der Waals surface area contributed by atoms with Crippen molar-refractivity contribution in [2.75, 3.05) is 0 Å². The molecule has 1 unspecified atom stereocenters. The van der Waals surface area contributed by atoms with Gasteiger partial charge >= 0.3 is 6.09 Å². The van der Waals surface area contributed by atoms with Gasteiger partial charge in [-0.1, -0.05) is 6.07 Å². The molecule has 0 fully saturated rings. The molecule has 4 aromatic rings. The van der Waals surface area contributed by atoms with Crippen molar-refractivity contribution in [3.63, 3.8) is 0 Å². The van der Waals surface area contributed by atoms with Gasteiger partial charge in [0.15, 0.2) is 11.6 Å². The molecule has 0 saturated carbocycles. The maximum absolute atomic E-state index is 14.6. The second-order valence-electron chi connectivity index (χ2n) is 11.3. The molecule has 0 bridgehead atoms. The van der Waals surface area contributed by atoms with Gasteiger partial charge in [-0.15, -0.1) is 0 Å². The Hall–Kier alpha value is -4.74. The number of amides is 2. The lowest BCUT2D eigenvalue weighted by atomic mass is 10.0. The summed E-state index contributed by atoms with van der Waals surface area (Å²) in [4.78, 5) is 32.6. The molecule has 8 nitrogen and oxygen atoms in total. The van der Waals surface area contributed by atoms with Gasteiger partial charge in [0.1, 0.15) is 17.2 Å². The van der Waals surface area contributed by atoms with Crippen molar-refractivity contribution in [1.82, 2.24) is 25.4 Å². The average Bonchev–Trinajstić information content (AvgIpc) is 3.26. The number of carbonyl (C=O) groups excluding carboxylic acids is 2. The summed E-state index contributed by atoms with van der Waals surface area (Å²) in [5, 5.41) is 10.0. The summed E-state index contributed by atoms with van der Waals surface area (Å²) < 4.78 is 61.1. The number of aromatic amines is 1. The zero-order valence-corrected chi connectivity index (χ0v) is 23.7. The van der Waals surface area contributed by atoms with Crippen LogP contribution in [0, 0.1) is 23.3 Å². The number of halogens is 4. The first-order valence-electron chi connectivity index (χ1n) is 13.6. The summed E-state index contributed by atoms with van der Waals surface area (Å²) in [5.41, 5.74) is 2.66. The predicted molar refractivity (Wildman–Crippen MR) is 149 cm³/mol. The number of aromatic nitrogens is 3. The van der Waals surface area contributed by atoms with Gasteiger partial charge in [0, 0.05) is 42.4 Å². The van der Waals surface area contributed by atoms with Crippen molar-refractivity contribution >= 4 is 12.0 Å². The smallest absolute Gasteiger partial charge is 0.407 e. The number of hydrogen-bond acceptors (Lipinski definition) is 5. The van der Waals surface area contributed by atoms with E-state index in [4.69, 9.17) is 4.74 Å². The molecule has 224 valence electrons. The van der Waals surface area contributed by atoms with E-state index in [0.29, 0.717) is 40.3 Å². The van der Waals surface area contributed by atoms with Crippen LogP contribution in [-0.4, -0.2) is 43.7 Å². The fourth-order valence-electron chi connectivity index (χ4n) is 4.96. The highest BCUT2D eigenvalue weighted by molar-refractivity contribution is 5.81. The number of alkyl carbamates (subject to hydrolysis) is 1. The summed E-state index contributed by atoms with van der Waals surface area (Å²) in [7, 11) is 0. The second-order valence-corrected chi connectivity index (χ2v) is 11.3. The predicted octanol–water partition coefficient (Wildman–Crippen LogP) is 6.06. The van der Waals surface area contributed by atoms with Crippen molar-refractivity contribution < 1.29 is 31.9 Å². The van der Waals surface area contributed by atoms with Gasteiger partial charge in [-0.25, -0.2) is 22.4 Å². The van der Waals surface area contributed by atoms with Crippen molar-refractivity contribution in [2.45, 2.75) is 58.3 Å². The molecule has 0 aliphatic carbocycles. The number of H-pyrrole nitrogens is 1. The largest absolute Gasteiger partial charge is 0.444 e. The number of nitrogens with one attached hydrogen (secondary N) is 2. The first-order chi connectivity index (χ1) is 20.4. The maximum atomic E-state index is 14.6. The number of pyridine rings is 1. The van der Waals surface area contributed by atoms with E-state index in [9.17, 15) is 27.2 Å². The van der Waals surface area contributed by atoms with E-state index in [1.807, 2.05) is 6.07 Å². The van der Waals surface area contributed by atoms with Crippen LogP contribution in [0.1, 0.15) is 43.9 Å². The number of nitrogens with zero attached hydrogens (tertiary/aromatic N) is 3. The summed E-state index contributed by atoms with van der Waals surface area (Å²) >= 11 is 0. The quantitative estimate of drug-likeness (QED) is 0.209. The van der Waals surface area contributed by atoms with Crippen LogP contribution in [0.3, 0.4) is 0 Å². The van der Waals surface area contributed by atoms with Crippen LogP contribution in [0.4, 0.5) is 22.4 Å². The molecule has 0 radical (unpaired) electrons. The molecule has 1 aliphatic rings. The zero-order chi connectivity index (χ0) is 30.9. The molecule has 3 heterocycles. The molecule has 2 amide bonds. The number of hydrogen-bond donors (Lipinski definition) is 2. The SMILES string of the molecule is CC(C)(C)OC(=O)NC(CC(=O)N1Cc2cccnc2-c2[nH]nc(-c3ccc(F)cc3)c2C1)Cc1cc(F)c(F)cc1F. The van der Waals surface area contributed by atoms with E-state index in [2.05, 4.69) is 20.5 Å². The Balaban J connectivity index is 1.46. The van der Waals surface area contributed by atoms with Crippen molar-refractivity contribution in [1.29, 1.82) is 0 Å². The Labute approximate surface area is 245 Å². The van der Waals surface area contributed by atoms with E-state index < -0.39 is 46.9 Å². The molecule has 1 atom stereocenters. The third kappa shape index (κ3) is 6.85. The van der Waals surface area contributed by atoms with Gasteiger partial charge in [-0.2, -0.15) is 5.10 Å². The Morgan fingerprint density at radius 1 is 1.00 bits per heavy atom. The lowest BCUT2D eigenvalue weighted by molar-refractivity contribution is -0.132. The summed E-state index contributed by atoms with van der Waals surface area (Å²) in [5.74, 6) is -4.44. The Morgan fingerprint density at radius 2 is 1.72 bits per heavy atom. The van der Waals surface area contributed by atoms with Gasteiger partial charge in [0.2, 0.25) is 5.91 Å². The molecule has 0 spiro atoms. The Bertz CT molecular complexity index is 1670. The van der Waals surface area contributed by atoms with Crippen LogP contribution in [-0.2, 0) is 29.0 Å². The molecule has 2 aromatic carbocycles. The van der Waals surface area contributed by atoms with Crippen LogP contribution in [0.15, 0.2) is 54.7 Å². The third-order valence-electron chi connectivity index (χ3n) is 6.87. The number of benzene rings is 2. The molecule has 1 aliphatic heterocycles. The first-order valence-corrected chi connectivity index (χ1v) is 13.6. The average molecular weight is 596 g/mol.